The van der Waals surface area contributed by atoms with Gasteiger partial charge in [-0.25, -0.2) is 0 Å². The topological polar surface area (TPSA) is 30.5 Å². The van der Waals surface area contributed by atoms with Gasteiger partial charge in [-0.2, -0.15) is 11.8 Å². The lowest BCUT2D eigenvalue weighted by molar-refractivity contribution is -0.119. The molecule has 1 N–H and O–H groups in total. The molecule has 1 aliphatic heterocycles. The Kier molecular flexibility index (Phi) is 5.39. The summed E-state index contributed by atoms with van der Waals surface area (Å²) in [6.45, 7) is 5.46. The molecule has 0 bridgehead atoms. The monoisotopic (exact) mass is 233 g/mol. The minimum absolute atomic E-state index is 0.153. The zero-order valence-corrected chi connectivity index (χ0v) is 11.0. The summed E-state index contributed by atoms with van der Waals surface area (Å²) in [7, 11) is 3.36. The van der Waals surface area contributed by atoms with Crippen molar-refractivity contribution in [3.05, 3.63) is 0 Å². The summed E-state index contributed by atoms with van der Waals surface area (Å²) in [5.74, 6) is 1.30. The third-order valence-electron chi connectivity index (χ3n) is 2.97. The highest BCUT2D eigenvalue weighted by Gasteiger charge is 2.30. The molecule has 90 valence electrons. The van der Waals surface area contributed by atoms with E-state index in [1.165, 1.54) is 18.6 Å². The maximum atomic E-state index is 5.22. The molecule has 0 saturated carbocycles. The molecule has 1 rings (SSSR count). The minimum Gasteiger partial charge on any atom is -0.354 e. The second-order valence-corrected chi connectivity index (χ2v) is 6.09. The minimum atomic E-state index is -0.153. The smallest absolute Gasteiger partial charge is 0.171 e. The molecule has 2 atom stereocenters. The van der Waals surface area contributed by atoms with Crippen LogP contribution in [-0.2, 0) is 9.47 Å². The molecule has 1 saturated heterocycles. The van der Waals surface area contributed by atoms with Crippen molar-refractivity contribution in [2.45, 2.75) is 43.8 Å². The number of ether oxygens (including phenoxy) is 2. The lowest BCUT2D eigenvalue weighted by atomic mass is 10.1. The summed E-state index contributed by atoms with van der Waals surface area (Å²) in [5.41, 5.74) is 0. The van der Waals surface area contributed by atoms with Gasteiger partial charge in [0, 0.05) is 25.5 Å². The summed E-state index contributed by atoms with van der Waals surface area (Å²) in [5, 5.41) is 3.50. The molecular weight excluding hydrogens is 210 g/mol. The molecule has 15 heavy (non-hydrogen) atoms. The molecule has 0 aliphatic carbocycles. The number of thioether (sulfide) groups is 1. The molecule has 0 amide bonds. The predicted molar refractivity (Wildman–Crippen MR) is 65.4 cm³/mol. The summed E-state index contributed by atoms with van der Waals surface area (Å²) in [6, 6.07) is 0.234. The summed E-state index contributed by atoms with van der Waals surface area (Å²) in [6.07, 6.45) is 2.50. The second kappa shape index (κ2) is 6.09. The largest absolute Gasteiger partial charge is 0.354 e. The van der Waals surface area contributed by atoms with Crippen LogP contribution in [0.4, 0.5) is 0 Å². The first kappa shape index (κ1) is 13.3. The van der Waals surface area contributed by atoms with Crippen LogP contribution in [0.5, 0.6) is 0 Å². The van der Waals surface area contributed by atoms with E-state index in [1.54, 1.807) is 14.2 Å². The van der Waals surface area contributed by atoms with Crippen molar-refractivity contribution in [1.29, 1.82) is 0 Å². The third-order valence-corrected chi connectivity index (χ3v) is 4.51. The standard InChI is InChI=1S/C11H23NO2S/c1-9(10(13-3)14-4)12-8-11(2)6-5-7-15-11/h9-10,12H,5-8H2,1-4H3. The Labute approximate surface area is 97.3 Å². The molecule has 0 radical (unpaired) electrons. The zero-order chi connectivity index (χ0) is 11.3. The molecule has 0 spiro atoms. The van der Waals surface area contributed by atoms with Crippen molar-refractivity contribution in [2.24, 2.45) is 0 Å². The highest BCUT2D eigenvalue weighted by molar-refractivity contribution is 8.00. The van der Waals surface area contributed by atoms with Crippen molar-refractivity contribution in [3.63, 3.8) is 0 Å². The van der Waals surface area contributed by atoms with E-state index >= 15 is 0 Å². The predicted octanol–water partition coefficient (Wildman–Crippen LogP) is 1.87. The van der Waals surface area contributed by atoms with Gasteiger partial charge in [0.15, 0.2) is 6.29 Å². The number of methoxy groups -OCH3 is 2. The Balaban J connectivity index is 2.29. The van der Waals surface area contributed by atoms with Crippen LogP contribution in [0.1, 0.15) is 26.7 Å². The molecule has 3 nitrogen and oxygen atoms in total. The molecule has 0 aromatic rings. The van der Waals surface area contributed by atoms with Crippen LogP contribution >= 0.6 is 11.8 Å². The molecule has 0 aromatic heterocycles. The highest BCUT2D eigenvalue weighted by atomic mass is 32.2. The van der Waals surface area contributed by atoms with Crippen molar-refractivity contribution in [2.75, 3.05) is 26.5 Å². The van der Waals surface area contributed by atoms with E-state index in [2.05, 4.69) is 30.9 Å². The Morgan fingerprint density at radius 2 is 2.07 bits per heavy atom. The lowest BCUT2D eigenvalue weighted by Gasteiger charge is -2.28. The van der Waals surface area contributed by atoms with Gasteiger partial charge in [0.2, 0.25) is 0 Å². The van der Waals surface area contributed by atoms with Crippen molar-refractivity contribution in [1.82, 2.24) is 5.32 Å². The van der Waals surface area contributed by atoms with E-state index in [0.717, 1.165) is 6.54 Å². The lowest BCUT2D eigenvalue weighted by Crippen LogP contribution is -2.45. The van der Waals surface area contributed by atoms with Crippen LogP contribution < -0.4 is 5.32 Å². The van der Waals surface area contributed by atoms with E-state index < -0.39 is 0 Å². The Morgan fingerprint density at radius 1 is 1.40 bits per heavy atom. The Hall–Kier alpha value is 0.230. The first-order valence-electron chi connectivity index (χ1n) is 5.54. The van der Waals surface area contributed by atoms with Gasteiger partial charge in [-0.3, -0.25) is 0 Å². The van der Waals surface area contributed by atoms with Crippen molar-refractivity contribution in [3.8, 4) is 0 Å². The molecule has 0 aromatic carbocycles. The molecule has 1 heterocycles. The SMILES string of the molecule is COC(OC)C(C)NCC1(C)CCCS1. The first-order chi connectivity index (χ1) is 7.11. The van der Waals surface area contributed by atoms with E-state index in [0.29, 0.717) is 4.75 Å². The number of nitrogens with one attached hydrogen (secondary N) is 1. The normalized spacial score (nSPS) is 28.6. The van der Waals surface area contributed by atoms with E-state index in [9.17, 15) is 0 Å². The van der Waals surface area contributed by atoms with Gasteiger partial charge in [-0.15, -0.1) is 0 Å². The van der Waals surface area contributed by atoms with E-state index in [1.807, 2.05) is 0 Å². The Morgan fingerprint density at radius 3 is 2.53 bits per heavy atom. The third kappa shape index (κ3) is 3.94. The molecule has 1 fully saturated rings. The highest BCUT2D eigenvalue weighted by Crippen LogP contribution is 2.37. The average Bonchev–Trinajstić information content (AvgIpc) is 2.65. The molecule has 2 unspecified atom stereocenters. The van der Waals surface area contributed by atoms with Crippen LogP contribution in [0.2, 0.25) is 0 Å². The summed E-state index contributed by atoms with van der Waals surface area (Å²) < 4.78 is 10.8. The average molecular weight is 233 g/mol. The quantitative estimate of drug-likeness (QED) is 0.710. The zero-order valence-electron chi connectivity index (χ0n) is 10.2. The van der Waals surface area contributed by atoms with Gasteiger partial charge in [0.1, 0.15) is 0 Å². The summed E-state index contributed by atoms with van der Waals surface area (Å²) in [4.78, 5) is 0. The van der Waals surface area contributed by atoms with Crippen LogP contribution in [0.3, 0.4) is 0 Å². The molecular formula is C11H23NO2S. The first-order valence-corrected chi connectivity index (χ1v) is 6.53. The van der Waals surface area contributed by atoms with Crippen LogP contribution in [0.15, 0.2) is 0 Å². The van der Waals surface area contributed by atoms with Gasteiger partial charge in [-0.05, 0) is 32.4 Å². The number of rotatable bonds is 6. The van der Waals surface area contributed by atoms with E-state index in [4.69, 9.17) is 9.47 Å². The maximum absolute atomic E-state index is 5.22. The second-order valence-electron chi connectivity index (χ2n) is 4.41. The summed E-state index contributed by atoms with van der Waals surface area (Å²) >= 11 is 2.07. The fourth-order valence-electron chi connectivity index (χ4n) is 1.95. The van der Waals surface area contributed by atoms with Crippen LogP contribution in [0, 0.1) is 0 Å². The number of hydrogen-bond donors (Lipinski definition) is 1. The van der Waals surface area contributed by atoms with Crippen molar-refractivity contribution < 1.29 is 9.47 Å². The van der Waals surface area contributed by atoms with Gasteiger partial charge in [-0.1, -0.05) is 0 Å². The van der Waals surface area contributed by atoms with Gasteiger partial charge < -0.3 is 14.8 Å². The van der Waals surface area contributed by atoms with Crippen LogP contribution in [0.25, 0.3) is 0 Å². The molecule has 1 aliphatic rings. The van der Waals surface area contributed by atoms with E-state index in [-0.39, 0.29) is 12.3 Å². The maximum Gasteiger partial charge on any atom is 0.171 e. The fraction of sp³-hybridized carbons (Fsp3) is 1.00. The fourth-order valence-corrected chi connectivity index (χ4v) is 3.21. The van der Waals surface area contributed by atoms with Crippen LogP contribution in [-0.4, -0.2) is 43.6 Å². The number of hydrogen-bond acceptors (Lipinski definition) is 4. The van der Waals surface area contributed by atoms with Gasteiger partial charge in [0.25, 0.3) is 0 Å². The van der Waals surface area contributed by atoms with Crippen molar-refractivity contribution >= 4 is 11.8 Å². The Bertz CT molecular complexity index is 179. The van der Waals surface area contributed by atoms with Gasteiger partial charge in [0.05, 0.1) is 6.04 Å². The van der Waals surface area contributed by atoms with Gasteiger partial charge >= 0.3 is 0 Å². The molecule has 4 heteroatoms.